The first-order valence-electron chi connectivity index (χ1n) is 8.48. The molecule has 0 radical (unpaired) electrons. The van der Waals surface area contributed by atoms with Crippen molar-refractivity contribution in [2.45, 2.75) is 17.1 Å². The number of carbonyl (C=O) groups is 1. The highest BCUT2D eigenvalue weighted by molar-refractivity contribution is 9.10. The first kappa shape index (κ1) is 20.5. The summed E-state index contributed by atoms with van der Waals surface area (Å²) in [7, 11) is -3.59. The fourth-order valence-corrected chi connectivity index (χ4v) is 6.35. The maximum atomic E-state index is 12.6. The molecule has 9 nitrogen and oxygen atoms in total. The van der Waals surface area contributed by atoms with Crippen molar-refractivity contribution >= 4 is 60.8 Å². The first-order valence-corrected chi connectivity index (χ1v) is 11.9. The topological polar surface area (TPSA) is 119 Å². The van der Waals surface area contributed by atoms with Gasteiger partial charge in [-0.05, 0) is 53.0 Å². The van der Waals surface area contributed by atoms with Crippen LogP contribution in [-0.2, 0) is 14.8 Å². The summed E-state index contributed by atoms with van der Waals surface area (Å²) in [6, 6.07) is 6.34. The lowest BCUT2D eigenvalue weighted by molar-refractivity contribution is -0.121. The van der Waals surface area contributed by atoms with Crippen molar-refractivity contribution in [2.24, 2.45) is 5.92 Å². The third kappa shape index (κ3) is 4.40. The van der Waals surface area contributed by atoms with Crippen LogP contribution in [0.2, 0.25) is 4.34 Å². The van der Waals surface area contributed by atoms with Gasteiger partial charge in [0.15, 0.2) is 10.4 Å². The van der Waals surface area contributed by atoms with Crippen LogP contribution < -0.4 is 5.32 Å². The Morgan fingerprint density at radius 2 is 1.97 bits per heavy atom. The van der Waals surface area contributed by atoms with E-state index < -0.39 is 10.0 Å². The van der Waals surface area contributed by atoms with Gasteiger partial charge in [0.05, 0.1) is 4.34 Å². The minimum atomic E-state index is -3.59. The zero-order valence-electron chi connectivity index (χ0n) is 14.7. The summed E-state index contributed by atoms with van der Waals surface area (Å²) in [6.45, 7) is 0.483. The lowest BCUT2D eigenvalue weighted by atomic mass is 9.97. The molecule has 1 saturated heterocycles. The van der Waals surface area contributed by atoms with Crippen LogP contribution in [0, 0.1) is 5.92 Å². The highest BCUT2D eigenvalue weighted by Gasteiger charge is 2.33. The summed E-state index contributed by atoms with van der Waals surface area (Å²) >= 11 is 10.0. The van der Waals surface area contributed by atoms with E-state index >= 15 is 0 Å². The lowest BCUT2D eigenvalue weighted by Crippen LogP contribution is -2.41. The van der Waals surface area contributed by atoms with Crippen LogP contribution in [0.3, 0.4) is 0 Å². The summed E-state index contributed by atoms with van der Waals surface area (Å²) in [4.78, 5) is 12.5. The fraction of sp³-hybridized carbons (Fsp3) is 0.312. The number of amides is 1. The van der Waals surface area contributed by atoms with Gasteiger partial charge in [0.2, 0.25) is 5.91 Å². The molecule has 1 N–H and O–H groups in total. The molecule has 13 heteroatoms. The molecule has 0 aliphatic carbocycles. The van der Waals surface area contributed by atoms with Gasteiger partial charge < -0.3 is 8.83 Å². The largest absolute Gasteiger partial charge is 0.444 e. The smallest absolute Gasteiger partial charge is 0.322 e. The molecule has 4 heterocycles. The second-order valence-electron chi connectivity index (χ2n) is 6.24. The minimum Gasteiger partial charge on any atom is -0.444 e. The van der Waals surface area contributed by atoms with Crippen LogP contribution in [0.25, 0.3) is 11.7 Å². The Labute approximate surface area is 183 Å². The number of furan rings is 1. The summed E-state index contributed by atoms with van der Waals surface area (Å²) in [5.41, 5.74) is 0. The molecule has 29 heavy (non-hydrogen) atoms. The van der Waals surface area contributed by atoms with Gasteiger partial charge in [0.25, 0.3) is 15.9 Å². The van der Waals surface area contributed by atoms with Crippen molar-refractivity contribution in [3.8, 4) is 11.7 Å². The van der Waals surface area contributed by atoms with E-state index in [1.807, 2.05) is 0 Å². The molecule has 1 aliphatic heterocycles. The number of nitrogens with one attached hydrogen (secondary N) is 1. The molecule has 1 aliphatic rings. The number of carbonyl (C=O) groups excluding carboxylic acids is 1. The quantitative estimate of drug-likeness (QED) is 0.542. The Morgan fingerprint density at radius 1 is 1.21 bits per heavy atom. The fourth-order valence-electron chi connectivity index (χ4n) is 2.93. The number of nitrogens with zero attached hydrogens (tertiary/aromatic N) is 3. The Morgan fingerprint density at radius 3 is 2.59 bits per heavy atom. The summed E-state index contributed by atoms with van der Waals surface area (Å²) in [6.07, 6.45) is 0.770. The molecular weight excluding hydrogens is 508 g/mol. The van der Waals surface area contributed by atoms with Gasteiger partial charge in [-0.2, -0.15) is 4.31 Å². The lowest BCUT2D eigenvalue weighted by Gasteiger charge is -2.29. The summed E-state index contributed by atoms with van der Waals surface area (Å²) < 4.78 is 38.5. The molecule has 1 fully saturated rings. The zero-order valence-corrected chi connectivity index (χ0v) is 18.6. The van der Waals surface area contributed by atoms with Crippen molar-refractivity contribution in [2.75, 3.05) is 18.4 Å². The molecule has 0 atom stereocenters. The van der Waals surface area contributed by atoms with Gasteiger partial charge in [0, 0.05) is 19.0 Å². The second kappa shape index (κ2) is 8.19. The van der Waals surface area contributed by atoms with Gasteiger partial charge in [-0.3, -0.25) is 10.1 Å². The van der Waals surface area contributed by atoms with E-state index in [0.717, 1.165) is 11.3 Å². The average molecular weight is 522 g/mol. The standard InChI is InChI=1S/C16H14BrClN4O5S2/c17-11-2-1-10(26-11)15-20-21-16(27-15)19-14(23)9-5-7-22(8-6-9)29(24,25)13-4-3-12(18)28-13/h1-4,9H,5-8H2,(H,19,21,23). The van der Waals surface area contributed by atoms with E-state index in [0.29, 0.717) is 27.6 Å². The molecule has 0 saturated carbocycles. The number of sulfonamides is 1. The number of rotatable bonds is 5. The molecule has 154 valence electrons. The van der Waals surface area contributed by atoms with Crippen LogP contribution in [0.1, 0.15) is 12.8 Å². The summed E-state index contributed by atoms with van der Waals surface area (Å²) in [5.74, 6) is -0.142. The highest BCUT2D eigenvalue weighted by atomic mass is 79.9. The van der Waals surface area contributed by atoms with E-state index in [4.69, 9.17) is 20.4 Å². The average Bonchev–Trinajstić information content (AvgIpc) is 3.43. The highest BCUT2D eigenvalue weighted by Crippen LogP contribution is 2.31. The Kier molecular flexibility index (Phi) is 5.80. The van der Waals surface area contributed by atoms with Gasteiger partial charge >= 0.3 is 6.01 Å². The molecule has 3 aromatic rings. The van der Waals surface area contributed by atoms with Crippen LogP contribution in [0.4, 0.5) is 6.01 Å². The molecular formula is C16H14BrClN4O5S2. The van der Waals surface area contributed by atoms with E-state index in [9.17, 15) is 13.2 Å². The molecule has 4 rings (SSSR count). The minimum absolute atomic E-state index is 0.0409. The van der Waals surface area contributed by atoms with Crippen LogP contribution >= 0.6 is 38.9 Å². The van der Waals surface area contributed by atoms with Gasteiger partial charge in [-0.15, -0.1) is 16.4 Å². The number of piperidine rings is 1. The molecule has 3 aromatic heterocycles. The third-order valence-electron chi connectivity index (χ3n) is 4.41. The van der Waals surface area contributed by atoms with E-state index in [1.165, 1.54) is 10.4 Å². The van der Waals surface area contributed by atoms with E-state index in [-0.39, 0.29) is 41.0 Å². The van der Waals surface area contributed by atoms with Crippen molar-refractivity contribution < 1.29 is 22.0 Å². The van der Waals surface area contributed by atoms with E-state index in [2.05, 4.69) is 31.4 Å². The number of anilines is 1. The van der Waals surface area contributed by atoms with Gasteiger partial charge in [-0.1, -0.05) is 16.7 Å². The molecule has 0 unspecified atom stereocenters. The number of aromatic nitrogens is 2. The van der Waals surface area contributed by atoms with Crippen molar-refractivity contribution in [3.63, 3.8) is 0 Å². The van der Waals surface area contributed by atoms with Crippen molar-refractivity contribution in [1.82, 2.24) is 14.5 Å². The molecule has 0 spiro atoms. The van der Waals surface area contributed by atoms with Crippen LogP contribution in [0.15, 0.2) is 42.0 Å². The predicted octanol–water partition coefficient (Wildman–Crippen LogP) is 3.85. The Balaban J connectivity index is 1.35. The maximum Gasteiger partial charge on any atom is 0.322 e. The Hall–Kier alpha value is -1.73. The number of halogens is 2. The van der Waals surface area contributed by atoms with Crippen LogP contribution in [-0.4, -0.2) is 41.9 Å². The normalized spacial score (nSPS) is 16.2. The molecule has 1 amide bonds. The second-order valence-corrected chi connectivity index (χ2v) is 10.9. The number of thiophene rings is 1. The van der Waals surface area contributed by atoms with Crippen LogP contribution in [0.5, 0.6) is 0 Å². The summed E-state index contributed by atoms with van der Waals surface area (Å²) in [5, 5.41) is 10.2. The Bertz CT molecular complexity index is 1130. The SMILES string of the molecule is O=C(Nc1nnc(-c2ccc(Br)o2)o1)C1CCN(S(=O)(=O)c2ccc(Cl)s2)CC1. The predicted molar refractivity (Wildman–Crippen MR) is 109 cm³/mol. The molecule has 0 bridgehead atoms. The van der Waals surface area contributed by atoms with Gasteiger partial charge in [-0.25, -0.2) is 8.42 Å². The van der Waals surface area contributed by atoms with E-state index in [1.54, 1.807) is 18.2 Å². The zero-order chi connectivity index (χ0) is 20.6. The third-order valence-corrected chi connectivity index (χ3v) is 8.43. The molecule has 0 aromatic carbocycles. The number of hydrogen-bond donors (Lipinski definition) is 1. The van der Waals surface area contributed by atoms with Crippen molar-refractivity contribution in [1.29, 1.82) is 0 Å². The van der Waals surface area contributed by atoms with Gasteiger partial charge in [0.1, 0.15) is 4.21 Å². The maximum absolute atomic E-state index is 12.6. The number of hydrogen-bond acceptors (Lipinski definition) is 8. The monoisotopic (exact) mass is 520 g/mol. The van der Waals surface area contributed by atoms with Crippen molar-refractivity contribution in [3.05, 3.63) is 33.3 Å². The first-order chi connectivity index (χ1) is 13.8.